The molecule has 5 heteroatoms. The lowest BCUT2D eigenvalue weighted by atomic mass is 10.1. The molecule has 0 saturated heterocycles. The maximum absolute atomic E-state index is 13.4. The van der Waals surface area contributed by atoms with Gasteiger partial charge in [-0.15, -0.1) is 11.3 Å². The van der Waals surface area contributed by atoms with Crippen LogP contribution in [-0.2, 0) is 16.0 Å². The van der Waals surface area contributed by atoms with Crippen LogP contribution in [0.5, 0.6) is 0 Å². The molecule has 0 unspecified atom stereocenters. The molecule has 0 bridgehead atoms. The van der Waals surface area contributed by atoms with Crippen molar-refractivity contribution >= 4 is 17.3 Å². The van der Waals surface area contributed by atoms with Crippen LogP contribution >= 0.6 is 11.3 Å². The monoisotopic (exact) mass is 265 g/mol. The molecule has 0 aliphatic heterocycles. The number of thiazole rings is 1. The number of benzene rings is 1. The minimum Gasteiger partial charge on any atom is -0.469 e. The van der Waals surface area contributed by atoms with Crippen LogP contribution in [-0.4, -0.2) is 18.1 Å². The Morgan fingerprint density at radius 2 is 2.28 bits per heavy atom. The van der Waals surface area contributed by atoms with Crippen LogP contribution in [0.1, 0.15) is 11.3 Å². The number of carbonyl (C=O) groups is 1. The summed E-state index contributed by atoms with van der Waals surface area (Å²) in [6.45, 7) is 1.71. The van der Waals surface area contributed by atoms with Crippen molar-refractivity contribution in [3.63, 3.8) is 0 Å². The van der Waals surface area contributed by atoms with E-state index in [1.807, 2.05) is 6.07 Å². The molecule has 1 heterocycles. The number of ether oxygens (including phenoxy) is 1. The molecule has 3 nitrogen and oxygen atoms in total. The fourth-order valence-electron chi connectivity index (χ4n) is 1.47. The van der Waals surface area contributed by atoms with E-state index in [1.54, 1.807) is 18.4 Å². The average molecular weight is 265 g/mol. The molecule has 0 fully saturated rings. The summed E-state index contributed by atoms with van der Waals surface area (Å²) in [6.07, 6.45) is 0.140. The van der Waals surface area contributed by atoms with Gasteiger partial charge in [-0.1, -0.05) is 12.1 Å². The first kappa shape index (κ1) is 12.7. The Balaban J connectivity index is 2.23. The Morgan fingerprint density at radius 1 is 1.50 bits per heavy atom. The fourth-order valence-corrected chi connectivity index (χ4v) is 2.28. The number of hydrogen-bond acceptors (Lipinski definition) is 4. The van der Waals surface area contributed by atoms with E-state index in [-0.39, 0.29) is 18.2 Å². The number of aromatic nitrogens is 1. The van der Waals surface area contributed by atoms with Crippen molar-refractivity contribution in [3.05, 3.63) is 40.7 Å². The largest absolute Gasteiger partial charge is 0.469 e. The van der Waals surface area contributed by atoms with Gasteiger partial charge in [0.1, 0.15) is 10.8 Å². The first-order valence-electron chi connectivity index (χ1n) is 5.38. The van der Waals surface area contributed by atoms with Gasteiger partial charge >= 0.3 is 5.97 Å². The smallest absolute Gasteiger partial charge is 0.311 e. The topological polar surface area (TPSA) is 39.2 Å². The maximum Gasteiger partial charge on any atom is 0.311 e. The third-order valence-electron chi connectivity index (χ3n) is 2.52. The first-order valence-corrected chi connectivity index (χ1v) is 6.26. The zero-order valence-corrected chi connectivity index (χ0v) is 10.9. The lowest BCUT2D eigenvalue weighted by molar-refractivity contribution is -0.139. The van der Waals surface area contributed by atoms with Gasteiger partial charge in [-0.3, -0.25) is 4.79 Å². The minimum atomic E-state index is -0.332. The van der Waals surface area contributed by atoms with E-state index in [2.05, 4.69) is 9.72 Å². The summed E-state index contributed by atoms with van der Waals surface area (Å²) in [6, 6.07) is 4.99. The molecule has 0 N–H and O–H groups in total. The van der Waals surface area contributed by atoms with Gasteiger partial charge in [-0.05, 0) is 18.6 Å². The Morgan fingerprint density at radius 3 is 2.94 bits per heavy atom. The fraction of sp³-hybridized carbons (Fsp3) is 0.231. The standard InChI is InChI=1S/C13H12FNO2S/c1-8-3-4-9(5-11(8)14)13-15-10(7-18-13)6-12(16)17-2/h3-5,7H,6H2,1-2H3. The summed E-state index contributed by atoms with van der Waals surface area (Å²) >= 11 is 1.38. The van der Waals surface area contributed by atoms with Gasteiger partial charge in [0.05, 0.1) is 19.2 Å². The highest BCUT2D eigenvalue weighted by Crippen LogP contribution is 2.25. The first-order chi connectivity index (χ1) is 8.60. The molecule has 0 spiro atoms. The van der Waals surface area contributed by atoms with Crippen molar-refractivity contribution in [1.82, 2.24) is 4.98 Å². The molecule has 0 amide bonds. The Labute approximate surface area is 108 Å². The Hall–Kier alpha value is -1.75. The van der Waals surface area contributed by atoms with Gasteiger partial charge in [-0.2, -0.15) is 0 Å². The lowest BCUT2D eigenvalue weighted by Gasteiger charge is -1.99. The van der Waals surface area contributed by atoms with Gasteiger partial charge in [0.2, 0.25) is 0 Å². The zero-order valence-electron chi connectivity index (χ0n) is 10.1. The molecule has 1 aromatic heterocycles. The summed E-state index contributed by atoms with van der Waals surface area (Å²) in [5.74, 6) is -0.584. The average Bonchev–Trinajstić information content (AvgIpc) is 2.81. The number of rotatable bonds is 3. The number of nitrogens with zero attached hydrogens (tertiary/aromatic N) is 1. The Kier molecular flexibility index (Phi) is 3.72. The van der Waals surface area contributed by atoms with E-state index < -0.39 is 0 Å². The molecule has 1 aromatic carbocycles. The van der Waals surface area contributed by atoms with Crippen molar-refractivity contribution in [2.75, 3.05) is 7.11 Å². The van der Waals surface area contributed by atoms with Gasteiger partial charge in [0.15, 0.2) is 0 Å². The van der Waals surface area contributed by atoms with Crippen LogP contribution in [0, 0.1) is 12.7 Å². The summed E-state index contributed by atoms with van der Waals surface area (Å²) in [4.78, 5) is 15.4. The summed E-state index contributed by atoms with van der Waals surface area (Å²) in [5, 5.41) is 2.48. The molecular weight excluding hydrogens is 253 g/mol. The predicted octanol–water partition coefficient (Wildman–Crippen LogP) is 2.97. The minimum absolute atomic E-state index is 0.140. The van der Waals surface area contributed by atoms with Crippen LogP contribution in [0.4, 0.5) is 4.39 Å². The summed E-state index contributed by atoms with van der Waals surface area (Å²) in [5.41, 5.74) is 1.96. The highest BCUT2D eigenvalue weighted by Gasteiger charge is 2.10. The normalized spacial score (nSPS) is 10.4. The van der Waals surface area contributed by atoms with Crippen molar-refractivity contribution in [2.45, 2.75) is 13.3 Å². The third-order valence-corrected chi connectivity index (χ3v) is 3.46. The molecule has 0 aliphatic carbocycles. The SMILES string of the molecule is COC(=O)Cc1csc(-c2ccc(C)c(F)c2)n1. The Bertz CT molecular complexity index is 580. The molecule has 0 atom stereocenters. The van der Waals surface area contributed by atoms with E-state index in [1.165, 1.54) is 24.5 Å². The van der Waals surface area contributed by atoms with E-state index in [0.717, 1.165) is 5.56 Å². The summed E-state index contributed by atoms with van der Waals surface area (Å²) in [7, 11) is 1.34. The highest BCUT2D eigenvalue weighted by atomic mass is 32.1. The molecule has 18 heavy (non-hydrogen) atoms. The number of methoxy groups -OCH3 is 1. The van der Waals surface area contributed by atoms with Crippen molar-refractivity contribution in [2.24, 2.45) is 0 Å². The van der Waals surface area contributed by atoms with Crippen LogP contribution in [0.25, 0.3) is 10.6 Å². The van der Waals surface area contributed by atoms with Gasteiger partial charge < -0.3 is 4.74 Å². The number of halogens is 1. The van der Waals surface area contributed by atoms with Crippen LogP contribution in [0.2, 0.25) is 0 Å². The van der Waals surface area contributed by atoms with E-state index in [9.17, 15) is 9.18 Å². The van der Waals surface area contributed by atoms with E-state index in [0.29, 0.717) is 16.3 Å². The van der Waals surface area contributed by atoms with Crippen LogP contribution in [0.3, 0.4) is 0 Å². The molecule has 0 radical (unpaired) electrons. The second kappa shape index (κ2) is 5.27. The lowest BCUT2D eigenvalue weighted by Crippen LogP contribution is -2.04. The van der Waals surface area contributed by atoms with Crippen LogP contribution < -0.4 is 0 Å². The third kappa shape index (κ3) is 2.73. The zero-order chi connectivity index (χ0) is 13.1. The highest BCUT2D eigenvalue weighted by molar-refractivity contribution is 7.13. The summed E-state index contributed by atoms with van der Waals surface area (Å²) < 4.78 is 18.0. The second-order valence-electron chi connectivity index (χ2n) is 3.86. The molecule has 0 saturated carbocycles. The van der Waals surface area contributed by atoms with E-state index in [4.69, 9.17) is 0 Å². The number of aryl methyl sites for hydroxylation is 1. The van der Waals surface area contributed by atoms with Crippen molar-refractivity contribution in [1.29, 1.82) is 0 Å². The number of carbonyl (C=O) groups excluding carboxylic acids is 1. The molecular formula is C13H12FNO2S. The molecule has 94 valence electrons. The molecule has 2 rings (SSSR count). The second-order valence-corrected chi connectivity index (χ2v) is 4.72. The van der Waals surface area contributed by atoms with Crippen molar-refractivity contribution in [3.8, 4) is 10.6 Å². The predicted molar refractivity (Wildman–Crippen MR) is 68.0 cm³/mol. The van der Waals surface area contributed by atoms with Crippen molar-refractivity contribution < 1.29 is 13.9 Å². The van der Waals surface area contributed by atoms with Gasteiger partial charge in [0, 0.05) is 10.9 Å². The number of hydrogen-bond donors (Lipinski definition) is 0. The maximum atomic E-state index is 13.4. The molecule has 0 aliphatic rings. The van der Waals surface area contributed by atoms with E-state index >= 15 is 0 Å². The quantitative estimate of drug-likeness (QED) is 0.801. The van der Waals surface area contributed by atoms with Gasteiger partial charge in [-0.25, -0.2) is 9.37 Å². The van der Waals surface area contributed by atoms with Crippen LogP contribution in [0.15, 0.2) is 23.6 Å². The number of esters is 1. The van der Waals surface area contributed by atoms with Gasteiger partial charge in [0.25, 0.3) is 0 Å². The molecule has 2 aromatic rings.